The molecule has 0 radical (unpaired) electrons. The maximum atomic E-state index is 12.2. The number of benzene rings is 1. The van der Waals surface area contributed by atoms with Gasteiger partial charge in [0, 0.05) is 12.1 Å². The van der Waals surface area contributed by atoms with Gasteiger partial charge in [-0.15, -0.1) is 0 Å². The topological polar surface area (TPSA) is 52.0 Å². The van der Waals surface area contributed by atoms with Crippen LogP contribution in [0, 0.1) is 12.8 Å². The zero-order valence-electron chi connectivity index (χ0n) is 12.3. The molecule has 0 aliphatic heterocycles. The molecule has 0 saturated heterocycles. The Balaban J connectivity index is 2.61. The van der Waals surface area contributed by atoms with Crippen molar-refractivity contribution in [1.82, 2.24) is 9.78 Å². The second-order valence-electron chi connectivity index (χ2n) is 5.46. The Hall–Kier alpha value is -1.94. The Morgan fingerprint density at radius 3 is 2.43 bits per heavy atom. The third-order valence-corrected chi connectivity index (χ3v) is 3.28. The van der Waals surface area contributed by atoms with E-state index in [1.165, 1.54) is 10.7 Å². The molecule has 2 rings (SSSR count). The van der Waals surface area contributed by atoms with Crippen LogP contribution in [-0.4, -0.2) is 15.0 Å². The molecule has 21 heavy (non-hydrogen) atoms. The van der Waals surface area contributed by atoms with Gasteiger partial charge in [0.2, 0.25) is 0 Å². The number of halogens is 1. The van der Waals surface area contributed by atoms with E-state index in [4.69, 9.17) is 11.6 Å². The van der Waals surface area contributed by atoms with E-state index < -0.39 is 10.8 Å². The van der Waals surface area contributed by atoms with Gasteiger partial charge in [0.15, 0.2) is 0 Å². The van der Waals surface area contributed by atoms with Crippen LogP contribution in [0.4, 0.5) is 0 Å². The molecule has 4 nitrogen and oxygen atoms in total. The first kappa shape index (κ1) is 15.4. The van der Waals surface area contributed by atoms with Crippen molar-refractivity contribution in [2.75, 3.05) is 0 Å². The van der Waals surface area contributed by atoms with E-state index in [0.717, 1.165) is 11.1 Å². The SMILES string of the molecule is Cc1ccc(-c2cc(C(=O)Cl)c(=O)n(CC(C)C)n2)cc1. The van der Waals surface area contributed by atoms with Crippen LogP contribution in [-0.2, 0) is 6.54 Å². The maximum Gasteiger partial charge on any atom is 0.279 e. The summed E-state index contributed by atoms with van der Waals surface area (Å²) in [7, 11) is 0. The zero-order valence-corrected chi connectivity index (χ0v) is 13.0. The van der Waals surface area contributed by atoms with Crippen molar-refractivity contribution >= 4 is 16.8 Å². The molecule has 1 heterocycles. The van der Waals surface area contributed by atoms with E-state index in [2.05, 4.69) is 5.10 Å². The normalized spacial score (nSPS) is 10.9. The van der Waals surface area contributed by atoms with Crippen molar-refractivity contribution in [3.63, 3.8) is 0 Å². The van der Waals surface area contributed by atoms with Gasteiger partial charge in [-0.25, -0.2) is 4.68 Å². The lowest BCUT2D eigenvalue weighted by molar-refractivity contribution is 0.107. The molecule has 0 saturated carbocycles. The Morgan fingerprint density at radius 2 is 1.90 bits per heavy atom. The number of carbonyl (C=O) groups excluding carboxylic acids is 1. The van der Waals surface area contributed by atoms with Crippen LogP contribution in [0.3, 0.4) is 0 Å². The fraction of sp³-hybridized carbons (Fsp3) is 0.312. The Kier molecular flexibility index (Phi) is 4.58. The third kappa shape index (κ3) is 3.58. The monoisotopic (exact) mass is 304 g/mol. The van der Waals surface area contributed by atoms with E-state index in [0.29, 0.717) is 12.2 Å². The van der Waals surface area contributed by atoms with Crippen LogP contribution in [0.2, 0.25) is 0 Å². The fourth-order valence-corrected chi connectivity index (χ4v) is 2.15. The van der Waals surface area contributed by atoms with Crippen molar-refractivity contribution in [2.24, 2.45) is 5.92 Å². The van der Waals surface area contributed by atoms with Crippen LogP contribution < -0.4 is 5.56 Å². The average Bonchev–Trinajstić information content (AvgIpc) is 2.41. The molecule has 0 aliphatic rings. The first-order valence-corrected chi connectivity index (χ1v) is 7.15. The molecule has 0 atom stereocenters. The summed E-state index contributed by atoms with van der Waals surface area (Å²) in [6.07, 6.45) is 0. The van der Waals surface area contributed by atoms with Gasteiger partial charge >= 0.3 is 0 Å². The molecule has 1 aromatic heterocycles. The predicted molar refractivity (Wildman–Crippen MR) is 83.7 cm³/mol. The van der Waals surface area contributed by atoms with Gasteiger partial charge in [0.05, 0.1) is 5.69 Å². The van der Waals surface area contributed by atoms with Gasteiger partial charge in [0.1, 0.15) is 5.56 Å². The standard InChI is InChI=1S/C16H17ClN2O2/c1-10(2)9-19-16(21)13(15(17)20)8-14(18-19)12-6-4-11(3)5-7-12/h4-8,10H,9H2,1-3H3. The van der Waals surface area contributed by atoms with Gasteiger partial charge in [0.25, 0.3) is 10.8 Å². The summed E-state index contributed by atoms with van der Waals surface area (Å²) in [5.41, 5.74) is 2.06. The van der Waals surface area contributed by atoms with Crippen LogP contribution in [0.15, 0.2) is 35.1 Å². The highest BCUT2D eigenvalue weighted by Crippen LogP contribution is 2.18. The summed E-state index contributed by atoms with van der Waals surface area (Å²) >= 11 is 5.52. The van der Waals surface area contributed by atoms with Crippen molar-refractivity contribution in [2.45, 2.75) is 27.3 Å². The van der Waals surface area contributed by atoms with Crippen molar-refractivity contribution in [1.29, 1.82) is 0 Å². The molecule has 1 aromatic carbocycles. The number of carbonyl (C=O) groups is 1. The lowest BCUT2D eigenvalue weighted by Crippen LogP contribution is -2.29. The van der Waals surface area contributed by atoms with Crippen LogP contribution >= 0.6 is 11.6 Å². The van der Waals surface area contributed by atoms with Crippen LogP contribution in [0.5, 0.6) is 0 Å². The van der Waals surface area contributed by atoms with Crippen molar-refractivity contribution in [3.8, 4) is 11.3 Å². The summed E-state index contributed by atoms with van der Waals surface area (Å²) in [5, 5.41) is 3.59. The molecule has 0 aliphatic carbocycles. The van der Waals surface area contributed by atoms with Gasteiger partial charge < -0.3 is 0 Å². The summed E-state index contributed by atoms with van der Waals surface area (Å²) < 4.78 is 1.31. The van der Waals surface area contributed by atoms with E-state index >= 15 is 0 Å². The zero-order chi connectivity index (χ0) is 15.6. The fourth-order valence-electron chi connectivity index (χ4n) is 2.02. The quantitative estimate of drug-likeness (QED) is 0.815. The molecule has 0 bridgehead atoms. The highest BCUT2D eigenvalue weighted by atomic mass is 35.5. The van der Waals surface area contributed by atoms with Crippen LogP contribution in [0.25, 0.3) is 11.3 Å². The maximum absolute atomic E-state index is 12.2. The summed E-state index contributed by atoms with van der Waals surface area (Å²) in [5.74, 6) is 0.238. The molecule has 0 amide bonds. The van der Waals surface area contributed by atoms with Gasteiger partial charge in [-0.1, -0.05) is 43.7 Å². The van der Waals surface area contributed by atoms with Crippen molar-refractivity contribution < 1.29 is 4.79 Å². The number of hydrogen-bond donors (Lipinski definition) is 0. The molecule has 0 N–H and O–H groups in total. The van der Waals surface area contributed by atoms with Gasteiger partial charge in [-0.05, 0) is 30.5 Å². The molecule has 110 valence electrons. The lowest BCUT2D eigenvalue weighted by atomic mass is 10.1. The highest BCUT2D eigenvalue weighted by Gasteiger charge is 2.15. The third-order valence-electron chi connectivity index (χ3n) is 3.07. The van der Waals surface area contributed by atoms with Crippen molar-refractivity contribution in [3.05, 3.63) is 51.8 Å². The number of nitrogens with zero attached hydrogens (tertiary/aromatic N) is 2. The number of rotatable bonds is 4. The molecule has 2 aromatic rings. The molecular weight excluding hydrogens is 288 g/mol. The Bertz CT molecular complexity index is 718. The highest BCUT2D eigenvalue weighted by molar-refractivity contribution is 6.67. The number of aromatic nitrogens is 2. The van der Waals surface area contributed by atoms with Gasteiger partial charge in [-0.3, -0.25) is 9.59 Å². The summed E-state index contributed by atoms with van der Waals surface area (Å²) in [6, 6.07) is 9.18. The van der Waals surface area contributed by atoms with Crippen LogP contribution in [0.1, 0.15) is 29.8 Å². The smallest absolute Gasteiger partial charge is 0.275 e. The lowest BCUT2D eigenvalue weighted by Gasteiger charge is -2.11. The van der Waals surface area contributed by atoms with Gasteiger partial charge in [-0.2, -0.15) is 5.10 Å². The second kappa shape index (κ2) is 6.22. The molecule has 0 fully saturated rings. The first-order valence-electron chi connectivity index (χ1n) is 6.77. The van der Waals surface area contributed by atoms with E-state index in [9.17, 15) is 9.59 Å². The minimum absolute atomic E-state index is 0.0390. The largest absolute Gasteiger partial charge is 0.279 e. The predicted octanol–water partition coefficient (Wildman–Crippen LogP) is 3.25. The summed E-state index contributed by atoms with van der Waals surface area (Å²) in [4.78, 5) is 23.6. The Labute approximate surface area is 128 Å². The van der Waals surface area contributed by atoms with E-state index in [1.54, 1.807) is 0 Å². The second-order valence-corrected chi connectivity index (χ2v) is 5.81. The number of aryl methyl sites for hydroxylation is 1. The molecule has 5 heteroatoms. The minimum Gasteiger partial charge on any atom is -0.275 e. The molecular formula is C16H17ClN2O2. The minimum atomic E-state index is -0.756. The van der Waals surface area contributed by atoms with E-state index in [1.807, 2.05) is 45.0 Å². The number of hydrogen-bond acceptors (Lipinski definition) is 3. The first-order chi connectivity index (χ1) is 9.88. The average molecular weight is 305 g/mol. The van der Waals surface area contributed by atoms with E-state index in [-0.39, 0.29) is 11.5 Å². The summed E-state index contributed by atoms with van der Waals surface area (Å²) in [6.45, 7) is 6.39. The Morgan fingerprint density at radius 1 is 1.29 bits per heavy atom. The molecule has 0 unspecified atom stereocenters. The molecule has 0 spiro atoms.